The standard InChI is InChI=1S/C22H18O4/c1-25-21(23)13-11-19-15-7-3-5-9-17(15)20(12-14-22(24)26-2)18-10-6-4-8-16(18)19/h3-14H,1-2H3/b13-11+,14-12+. The number of benzene rings is 3. The number of carbonyl (C=O) groups is 2. The van der Waals surface area contributed by atoms with Crippen LogP contribution in [0.4, 0.5) is 0 Å². The normalized spacial score (nSPS) is 11.5. The minimum absolute atomic E-state index is 0.409. The van der Waals surface area contributed by atoms with Crippen LogP contribution in [0.25, 0.3) is 33.7 Å². The zero-order valence-corrected chi connectivity index (χ0v) is 14.6. The van der Waals surface area contributed by atoms with Crippen molar-refractivity contribution in [2.45, 2.75) is 0 Å². The van der Waals surface area contributed by atoms with E-state index in [9.17, 15) is 9.59 Å². The van der Waals surface area contributed by atoms with Crippen LogP contribution in [0.3, 0.4) is 0 Å². The van der Waals surface area contributed by atoms with Crippen molar-refractivity contribution >= 4 is 45.6 Å². The van der Waals surface area contributed by atoms with Crippen molar-refractivity contribution in [2.75, 3.05) is 14.2 Å². The molecule has 3 rings (SSSR count). The minimum Gasteiger partial charge on any atom is -0.466 e. The molecule has 130 valence electrons. The second-order valence-electron chi connectivity index (χ2n) is 5.63. The van der Waals surface area contributed by atoms with Crippen LogP contribution in [0.2, 0.25) is 0 Å². The van der Waals surface area contributed by atoms with Crippen molar-refractivity contribution in [2.24, 2.45) is 0 Å². The van der Waals surface area contributed by atoms with Crippen LogP contribution in [-0.2, 0) is 19.1 Å². The third-order valence-electron chi connectivity index (χ3n) is 4.19. The maximum atomic E-state index is 11.6. The molecule has 0 atom stereocenters. The van der Waals surface area contributed by atoms with Gasteiger partial charge in [0.2, 0.25) is 0 Å². The summed E-state index contributed by atoms with van der Waals surface area (Å²) in [6.45, 7) is 0. The first-order valence-corrected chi connectivity index (χ1v) is 8.11. The van der Waals surface area contributed by atoms with Gasteiger partial charge in [-0.25, -0.2) is 9.59 Å². The number of hydrogen-bond acceptors (Lipinski definition) is 4. The maximum Gasteiger partial charge on any atom is 0.330 e. The summed E-state index contributed by atoms with van der Waals surface area (Å²) < 4.78 is 9.42. The molecule has 0 N–H and O–H groups in total. The van der Waals surface area contributed by atoms with E-state index in [1.165, 1.54) is 26.4 Å². The summed E-state index contributed by atoms with van der Waals surface area (Å²) in [5.74, 6) is -0.819. The molecular weight excluding hydrogens is 328 g/mol. The smallest absolute Gasteiger partial charge is 0.330 e. The lowest BCUT2D eigenvalue weighted by atomic mass is 9.91. The van der Waals surface area contributed by atoms with Gasteiger partial charge in [0.15, 0.2) is 0 Å². The molecule has 4 nitrogen and oxygen atoms in total. The van der Waals surface area contributed by atoms with Gasteiger partial charge < -0.3 is 9.47 Å². The molecule has 0 aromatic heterocycles. The van der Waals surface area contributed by atoms with Gasteiger partial charge in [-0.1, -0.05) is 48.5 Å². The van der Waals surface area contributed by atoms with Gasteiger partial charge in [0.05, 0.1) is 14.2 Å². The molecule has 0 spiro atoms. The molecule has 3 aromatic carbocycles. The number of fused-ring (bicyclic) bond motifs is 2. The van der Waals surface area contributed by atoms with Gasteiger partial charge >= 0.3 is 11.9 Å². The predicted molar refractivity (Wildman–Crippen MR) is 104 cm³/mol. The summed E-state index contributed by atoms with van der Waals surface area (Å²) in [5, 5.41) is 3.93. The molecule has 0 radical (unpaired) electrons. The molecule has 0 bridgehead atoms. The molecule has 4 heteroatoms. The highest BCUT2D eigenvalue weighted by atomic mass is 16.5. The first-order valence-electron chi connectivity index (χ1n) is 8.11. The molecule has 0 saturated heterocycles. The zero-order valence-electron chi connectivity index (χ0n) is 14.6. The molecule has 0 aliphatic heterocycles. The Morgan fingerprint density at radius 3 is 1.23 bits per heavy atom. The predicted octanol–water partition coefficient (Wildman–Crippen LogP) is 4.37. The fourth-order valence-electron chi connectivity index (χ4n) is 2.99. The topological polar surface area (TPSA) is 52.6 Å². The second kappa shape index (κ2) is 7.66. The third-order valence-corrected chi connectivity index (χ3v) is 4.19. The van der Waals surface area contributed by atoms with E-state index in [0.29, 0.717) is 0 Å². The van der Waals surface area contributed by atoms with Gasteiger partial charge in [-0.3, -0.25) is 0 Å². The van der Waals surface area contributed by atoms with E-state index in [-0.39, 0.29) is 0 Å². The van der Waals surface area contributed by atoms with E-state index in [1.54, 1.807) is 12.2 Å². The molecule has 3 aromatic rings. The van der Waals surface area contributed by atoms with E-state index in [1.807, 2.05) is 48.5 Å². The van der Waals surface area contributed by atoms with Crippen molar-refractivity contribution in [3.8, 4) is 0 Å². The highest BCUT2D eigenvalue weighted by Crippen LogP contribution is 2.34. The van der Waals surface area contributed by atoms with Gasteiger partial charge in [0.1, 0.15) is 0 Å². The lowest BCUT2D eigenvalue weighted by Gasteiger charge is -2.13. The van der Waals surface area contributed by atoms with Gasteiger partial charge in [-0.15, -0.1) is 0 Å². The Hall–Kier alpha value is -3.40. The number of ether oxygens (including phenoxy) is 2. The summed E-state index contributed by atoms with van der Waals surface area (Å²) in [7, 11) is 2.70. The van der Waals surface area contributed by atoms with Gasteiger partial charge in [0.25, 0.3) is 0 Å². The largest absolute Gasteiger partial charge is 0.466 e. The Morgan fingerprint density at radius 2 is 0.962 bits per heavy atom. The molecular formula is C22H18O4. The molecule has 26 heavy (non-hydrogen) atoms. The van der Waals surface area contributed by atoms with Crippen LogP contribution in [0.15, 0.2) is 60.7 Å². The van der Waals surface area contributed by atoms with Crippen molar-refractivity contribution < 1.29 is 19.1 Å². The lowest BCUT2D eigenvalue weighted by molar-refractivity contribution is -0.135. The number of rotatable bonds is 4. The first kappa shape index (κ1) is 17.4. The van der Waals surface area contributed by atoms with Crippen molar-refractivity contribution in [1.82, 2.24) is 0 Å². The number of hydrogen-bond donors (Lipinski definition) is 0. The van der Waals surface area contributed by atoms with E-state index in [0.717, 1.165) is 32.7 Å². The van der Waals surface area contributed by atoms with Crippen LogP contribution in [-0.4, -0.2) is 26.2 Å². The van der Waals surface area contributed by atoms with E-state index in [2.05, 4.69) is 0 Å². The fraction of sp³-hybridized carbons (Fsp3) is 0.0909. The molecule has 0 aliphatic carbocycles. The molecule has 0 unspecified atom stereocenters. The van der Waals surface area contributed by atoms with Crippen LogP contribution in [0, 0.1) is 0 Å². The van der Waals surface area contributed by atoms with Crippen LogP contribution in [0.1, 0.15) is 11.1 Å². The fourth-order valence-corrected chi connectivity index (χ4v) is 2.99. The van der Waals surface area contributed by atoms with Crippen LogP contribution < -0.4 is 0 Å². The average Bonchev–Trinajstić information content (AvgIpc) is 2.69. The Kier molecular flexibility index (Phi) is 5.13. The Labute approximate surface area is 151 Å². The van der Waals surface area contributed by atoms with Crippen molar-refractivity contribution in [3.05, 3.63) is 71.8 Å². The molecule has 0 saturated carbocycles. The highest BCUT2D eigenvalue weighted by molar-refractivity contribution is 6.14. The maximum absolute atomic E-state index is 11.6. The SMILES string of the molecule is COC(=O)/C=C/c1c2ccccc2c(/C=C/C(=O)OC)c2ccccc12. The zero-order chi connectivity index (χ0) is 18.5. The van der Waals surface area contributed by atoms with Crippen molar-refractivity contribution in [1.29, 1.82) is 0 Å². The summed E-state index contributed by atoms with van der Waals surface area (Å²) in [6, 6.07) is 15.8. The Balaban J connectivity index is 2.35. The van der Waals surface area contributed by atoms with E-state index in [4.69, 9.17) is 9.47 Å². The molecule has 0 aliphatic rings. The monoisotopic (exact) mass is 346 g/mol. The first-order chi connectivity index (χ1) is 12.7. The summed E-state index contributed by atoms with van der Waals surface area (Å²) in [6.07, 6.45) is 6.37. The van der Waals surface area contributed by atoms with Gasteiger partial charge in [-0.05, 0) is 44.8 Å². The minimum atomic E-state index is -0.409. The van der Waals surface area contributed by atoms with Gasteiger partial charge in [-0.2, -0.15) is 0 Å². The Morgan fingerprint density at radius 1 is 0.654 bits per heavy atom. The number of esters is 2. The third kappa shape index (κ3) is 3.35. The van der Waals surface area contributed by atoms with Crippen LogP contribution >= 0.6 is 0 Å². The summed E-state index contributed by atoms with van der Waals surface area (Å²) in [4.78, 5) is 23.1. The lowest BCUT2D eigenvalue weighted by Crippen LogP contribution is -1.95. The average molecular weight is 346 g/mol. The summed E-state index contributed by atoms with van der Waals surface area (Å²) >= 11 is 0. The Bertz CT molecular complexity index is 904. The van der Waals surface area contributed by atoms with Gasteiger partial charge in [0, 0.05) is 12.2 Å². The number of carbonyl (C=O) groups excluding carboxylic acids is 2. The number of methoxy groups -OCH3 is 2. The quantitative estimate of drug-likeness (QED) is 0.400. The molecule has 0 heterocycles. The second-order valence-corrected chi connectivity index (χ2v) is 5.63. The summed E-state index contributed by atoms with van der Waals surface area (Å²) in [5.41, 5.74) is 1.86. The van der Waals surface area contributed by atoms with Crippen molar-refractivity contribution in [3.63, 3.8) is 0 Å². The molecule has 0 amide bonds. The van der Waals surface area contributed by atoms with E-state index >= 15 is 0 Å². The van der Waals surface area contributed by atoms with E-state index < -0.39 is 11.9 Å². The van der Waals surface area contributed by atoms with Crippen LogP contribution in [0.5, 0.6) is 0 Å². The highest BCUT2D eigenvalue weighted by Gasteiger charge is 2.11. The molecule has 0 fully saturated rings.